The van der Waals surface area contributed by atoms with Gasteiger partial charge < -0.3 is 5.73 Å². The maximum absolute atomic E-state index is 12.6. The number of nitrogen functional groups attached to an aromatic ring is 1. The van der Waals surface area contributed by atoms with Crippen LogP contribution in [-0.4, -0.2) is 14.6 Å². The van der Waals surface area contributed by atoms with E-state index in [-0.39, 0.29) is 0 Å². The first-order valence-electron chi connectivity index (χ1n) is 6.15. The van der Waals surface area contributed by atoms with Crippen LogP contribution in [0.4, 0.5) is 18.9 Å². The lowest BCUT2D eigenvalue weighted by molar-refractivity contribution is -0.137. The molecule has 0 aliphatic carbocycles. The summed E-state index contributed by atoms with van der Waals surface area (Å²) in [5.41, 5.74) is 7.98. The van der Waals surface area contributed by atoms with E-state index in [9.17, 15) is 13.2 Å². The van der Waals surface area contributed by atoms with Gasteiger partial charge in [-0.2, -0.15) is 18.3 Å². The molecule has 0 saturated heterocycles. The molecular weight excluding hydrogens is 281 g/mol. The highest BCUT2D eigenvalue weighted by molar-refractivity contribution is 5.74. The molecule has 0 atom stereocenters. The Morgan fingerprint density at radius 2 is 1.81 bits per heavy atom. The van der Waals surface area contributed by atoms with Crippen molar-refractivity contribution < 1.29 is 13.2 Å². The van der Waals surface area contributed by atoms with Gasteiger partial charge in [0.1, 0.15) is 0 Å². The average molecular weight is 292 g/mol. The highest BCUT2D eigenvalue weighted by Gasteiger charge is 2.30. The quantitative estimate of drug-likeness (QED) is 0.748. The number of benzene rings is 1. The molecule has 0 bridgehead atoms. The van der Waals surface area contributed by atoms with Crippen molar-refractivity contribution in [2.75, 3.05) is 5.73 Å². The van der Waals surface area contributed by atoms with Crippen LogP contribution in [0.3, 0.4) is 0 Å². The van der Waals surface area contributed by atoms with E-state index in [0.29, 0.717) is 22.6 Å². The van der Waals surface area contributed by atoms with E-state index >= 15 is 0 Å². The van der Waals surface area contributed by atoms with Crippen LogP contribution in [0.25, 0.3) is 16.9 Å². The smallest absolute Gasteiger partial charge is 0.396 e. The van der Waals surface area contributed by atoms with Crippen LogP contribution in [0.5, 0.6) is 0 Å². The van der Waals surface area contributed by atoms with Crippen LogP contribution in [0, 0.1) is 6.92 Å². The summed E-state index contributed by atoms with van der Waals surface area (Å²) in [7, 11) is 0. The van der Waals surface area contributed by atoms with Gasteiger partial charge in [0, 0.05) is 11.6 Å². The summed E-state index contributed by atoms with van der Waals surface area (Å²) < 4.78 is 39.4. The van der Waals surface area contributed by atoms with Crippen LogP contribution < -0.4 is 5.73 Å². The van der Waals surface area contributed by atoms with E-state index in [1.807, 2.05) is 0 Å². The van der Waals surface area contributed by atoms with Gasteiger partial charge in [-0.15, -0.1) is 0 Å². The topological polar surface area (TPSA) is 56.2 Å². The Hall–Kier alpha value is -2.57. The fourth-order valence-corrected chi connectivity index (χ4v) is 2.17. The number of alkyl halides is 3. The molecule has 21 heavy (non-hydrogen) atoms. The van der Waals surface area contributed by atoms with E-state index in [1.54, 1.807) is 13.0 Å². The van der Waals surface area contributed by atoms with Crippen LogP contribution in [0.1, 0.15) is 11.3 Å². The predicted octanol–water partition coefficient (Wildman–Crippen LogP) is 3.31. The van der Waals surface area contributed by atoms with Gasteiger partial charge >= 0.3 is 6.18 Å². The fourth-order valence-electron chi connectivity index (χ4n) is 2.17. The molecule has 0 radical (unpaired) electrons. The Kier molecular flexibility index (Phi) is 2.86. The number of anilines is 1. The van der Waals surface area contributed by atoms with E-state index in [4.69, 9.17) is 5.73 Å². The zero-order chi connectivity index (χ0) is 15.2. The predicted molar refractivity (Wildman–Crippen MR) is 72.6 cm³/mol. The molecule has 0 aliphatic heterocycles. The fraction of sp³-hybridized carbons (Fsp3) is 0.143. The number of aryl methyl sites for hydroxylation is 1. The second-order valence-corrected chi connectivity index (χ2v) is 4.69. The minimum absolute atomic E-state index is 0.352. The van der Waals surface area contributed by atoms with E-state index in [2.05, 4.69) is 10.1 Å². The number of hydrogen-bond donors (Lipinski definition) is 1. The summed E-state index contributed by atoms with van der Waals surface area (Å²) >= 11 is 0. The lowest BCUT2D eigenvalue weighted by atomic mass is 10.1. The molecule has 2 aromatic heterocycles. The number of halogens is 3. The van der Waals surface area contributed by atoms with Crippen molar-refractivity contribution in [1.82, 2.24) is 14.6 Å². The molecule has 0 amide bonds. The highest BCUT2D eigenvalue weighted by Crippen LogP contribution is 2.32. The normalized spacial score (nSPS) is 12.0. The number of hydrogen-bond acceptors (Lipinski definition) is 3. The van der Waals surface area contributed by atoms with Crippen molar-refractivity contribution in [2.24, 2.45) is 0 Å². The zero-order valence-electron chi connectivity index (χ0n) is 11.0. The molecule has 2 heterocycles. The number of rotatable bonds is 1. The Balaban J connectivity index is 2.18. The second-order valence-electron chi connectivity index (χ2n) is 4.69. The molecule has 0 saturated carbocycles. The van der Waals surface area contributed by atoms with Crippen molar-refractivity contribution in [3.63, 3.8) is 0 Å². The summed E-state index contributed by atoms with van der Waals surface area (Å²) in [6, 6.07) is 6.58. The standard InChI is InChI=1S/C14H11F3N4/c1-8-6-12-19-7-11(18)13(21(12)20-8)9-2-4-10(5-3-9)14(15,16)17/h2-7H,18H2,1H3. The minimum Gasteiger partial charge on any atom is -0.396 e. The zero-order valence-corrected chi connectivity index (χ0v) is 11.0. The molecule has 0 fully saturated rings. The molecular formula is C14H11F3N4. The molecule has 4 nitrogen and oxygen atoms in total. The van der Waals surface area contributed by atoms with Crippen LogP contribution >= 0.6 is 0 Å². The van der Waals surface area contributed by atoms with Gasteiger partial charge in [-0.25, -0.2) is 9.50 Å². The van der Waals surface area contributed by atoms with E-state index in [1.165, 1.54) is 22.8 Å². The Labute approximate surface area is 118 Å². The molecule has 0 aliphatic rings. The minimum atomic E-state index is -4.36. The van der Waals surface area contributed by atoms with Crippen molar-refractivity contribution in [3.8, 4) is 11.3 Å². The van der Waals surface area contributed by atoms with Gasteiger partial charge in [0.05, 0.1) is 28.8 Å². The molecule has 108 valence electrons. The first-order chi connectivity index (χ1) is 9.86. The molecule has 7 heteroatoms. The SMILES string of the molecule is Cc1cc2ncc(N)c(-c3ccc(C(F)(F)F)cc3)n2n1. The number of nitrogens with zero attached hydrogens (tertiary/aromatic N) is 3. The molecule has 2 N–H and O–H groups in total. The molecule has 3 aromatic rings. The summed E-state index contributed by atoms with van der Waals surface area (Å²) in [6.07, 6.45) is -2.89. The van der Waals surface area contributed by atoms with Crippen molar-refractivity contribution in [2.45, 2.75) is 13.1 Å². The number of nitrogens with two attached hydrogens (primary N) is 1. The van der Waals surface area contributed by atoms with Crippen molar-refractivity contribution in [1.29, 1.82) is 0 Å². The molecule has 1 aromatic carbocycles. The molecule has 3 rings (SSSR count). The highest BCUT2D eigenvalue weighted by atomic mass is 19.4. The monoisotopic (exact) mass is 292 g/mol. The van der Waals surface area contributed by atoms with Crippen LogP contribution in [0.15, 0.2) is 36.5 Å². The van der Waals surface area contributed by atoms with E-state index in [0.717, 1.165) is 17.8 Å². The summed E-state index contributed by atoms with van der Waals surface area (Å²) in [5.74, 6) is 0. The van der Waals surface area contributed by atoms with Crippen molar-refractivity contribution >= 4 is 11.3 Å². The summed E-state index contributed by atoms with van der Waals surface area (Å²) in [5, 5.41) is 4.27. The van der Waals surface area contributed by atoms with Gasteiger partial charge in [-0.1, -0.05) is 12.1 Å². The maximum Gasteiger partial charge on any atom is 0.416 e. The molecule has 0 spiro atoms. The number of fused-ring (bicyclic) bond motifs is 1. The Morgan fingerprint density at radius 3 is 2.43 bits per heavy atom. The number of aromatic nitrogens is 3. The van der Waals surface area contributed by atoms with Gasteiger partial charge in [-0.3, -0.25) is 0 Å². The lowest BCUT2D eigenvalue weighted by Crippen LogP contribution is -2.05. The first kappa shape index (κ1) is 13.4. The maximum atomic E-state index is 12.6. The first-order valence-corrected chi connectivity index (χ1v) is 6.15. The summed E-state index contributed by atoms with van der Waals surface area (Å²) in [6.45, 7) is 1.81. The Bertz CT molecular complexity index is 803. The third-order valence-electron chi connectivity index (χ3n) is 3.12. The van der Waals surface area contributed by atoms with Gasteiger partial charge in [0.25, 0.3) is 0 Å². The third kappa shape index (κ3) is 2.31. The van der Waals surface area contributed by atoms with Crippen LogP contribution in [0.2, 0.25) is 0 Å². The average Bonchev–Trinajstić information content (AvgIpc) is 2.78. The Morgan fingerprint density at radius 1 is 1.14 bits per heavy atom. The molecule has 0 unspecified atom stereocenters. The van der Waals surface area contributed by atoms with Gasteiger partial charge in [-0.05, 0) is 19.1 Å². The van der Waals surface area contributed by atoms with Crippen LogP contribution in [-0.2, 0) is 6.18 Å². The lowest BCUT2D eigenvalue weighted by Gasteiger charge is -2.10. The van der Waals surface area contributed by atoms with E-state index < -0.39 is 11.7 Å². The third-order valence-corrected chi connectivity index (χ3v) is 3.12. The summed E-state index contributed by atoms with van der Waals surface area (Å²) in [4.78, 5) is 4.14. The van der Waals surface area contributed by atoms with Gasteiger partial charge in [0.15, 0.2) is 5.65 Å². The van der Waals surface area contributed by atoms with Gasteiger partial charge in [0.2, 0.25) is 0 Å². The second kappa shape index (κ2) is 4.47. The van der Waals surface area contributed by atoms with Crippen molar-refractivity contribution in [3.05, 3.63) is 47.8 Å². The largest absolute Gasteiger partial charge is 0.416 e.